The van der Waals surface area contributed by atoms with Crippen LogP contribution in [0.4, 0.5) is 14.5 Å². The summed E-state index contributed by atoms with van der Waals surface area (Å²) in [5, 5.41) is -3.95. The van der Waals surface area contributed by atoms with Crippen LogP contribution in [0.15, 0.2) is 30.3 Å². The Kier molecular flexibility index (Phi) is 2.63. The van der Waals surface area contributed by atoms with Crippen molar-refractivity contribution >= 4 is 23.2 Å². The predicted octanol–water partition coefficient (Wildman–Crippen LogP) is 2.48. The van der Waals surface area contributed by atoms with Gasteiger partial charge < -0.3 is 4.90 Å². The molecule has 1 amide bonds. The molecule has 0 aliphatic heterocycles. The number of benzene rings is 1. The first-order chi connectivity index (χ1) is 6.84. The normalized spacial score (nSPS) is 12.1. The second-order valence-corrected chi connectivity index (χ2v) is 3.08. The highest BCUT2D eigenvalue weighted by Gasteiger charge is 2.38. The quantitative estimate of drug-likeness (QED) is 0.702. The molecule has 0 aliphatic rings. The van der Waals surface area contributed by atoms with E-state index in [-0.39, 0.29) is 11.7 Å². The minimum absolute atomic E-state index is 0.0192. The van der Waals surface area contributed by atoms with E-state index in [1.165, 1.54) is 12.1 Å². The van der Waals surface area contributed by atoms with Crippen molar-refractivity contribution < 1.29 is 14.9 Å². The van der Waals surface area contributed by atoms with E-state index in [1.54, 1.807) is 12.1 Å². The molecule has 0 aliphatic carbocycles. The number of hydrogen-bond donors (Lipinski definition) is 0. The van der Waals surface area contributed by atoms with Crippen molar-refractivity contribution in [2.75, 3.05) is 11.9 Å². The lowest BCUT2D eigenvalue weighted by atomic mass is 10.3. The lowest BCUT2D eigenvalue weighted by molar-refractivity contribution is -0.132. The van der Waals surface area contributed by atoms with Gasteiger partial charge in [0.05, 0.1) is 1.37 Å². The molecule has 0 saturated heterocycles. The molecule has 0 N–H and O–H groups in total. The molecule has 0 aromatic heterocycles. The second-order valence-electron chi connectivity index (χ2n) is 2.61. The third-order valence-corrected chi connectivity index (χ3v) is 1.76. The predicted molar refractivity (Wildman–Crippen MR) is 50.7 cm³/mol. The molecule has 0 atom stereocenters. The van der Waals surface area contributed by atoms with Crippen molar-refractivity contribution in [1.82, 2.24) is 0 Å². The maximum Gasteiger partial charge on any atom is 0.400 e. The number of amides is 1. The fourth-order valence-corrected chi connectivity index (χ4v) is 1.02. The number of alkyl halides is 3. The van der Waals surface area contributed by atoms with E-state index < -0.39 is 11.3 Å². The van der Waals surface area contributed by atoms with Gasteiger partial charge in [0.2, 0.25) is 0 Å². The summed E-state index contributed by atoms with van der Waals surface area (Å²) in [5.74, 6) is -1.55. The lowest BCUT2D eigenvalue weighted by Crippen LogP contribution is -2.37. The van der Waals surface area contributed by atoms with E-state index in [0.29, 0.717) is 4.90 Å². The monoisotopic (exact) mass is 220 g/mol. The van der Waals surface area contributed by atoms with Gasteiger partial charge in [-0.05, 0) is 23.7 Å². The zero-order chi connectivity index (χ0) is 11.6. The van der Waals surface area contributed by atoms with E-state index in [2.05, 4.69) is 11.6 Å². The summed E-state index contributed by atoms with van der Waals surface area (Å²) < 4.78 is 32.4. The van der Waals surface area contributed by atoms with Crippen LogP contribution in [-0.4, -0.2) is 18.3 Å². The SMILES string of the molecule is [2H]c1ccccc1N(C)C(=O)C(F)(F)Cl. The molecule has 1 rings (SSSR count). The number of hydrogen-bond acceptors (Lipinski definition) is 1. The summed E-state index contributed by atoms with van der Waals surface area (Å²) in [7, 11) is 1.14. The van der Waals surface area contributed by atoms with Crippen molar-refractivity contribution in [2.24, 2.45) is 0 Å². The molecule has 0 fully saturated rings. The average molecular weight is 221 g/mol. The Morgan fingerprint density at radius 2 is 2.21 bits per heavy atom. The maximum absolute atomic E-state index is 12.5. The van der Waals surface area contributed by atoms with Gasteiger partial charge >= 0.3 is 11.3 Å². The maximum atomic E-state index is 12.5. The van der Waals surface area contributed by atoms with Gasteiger partial charge in [-0.25, -0.2) is 0 Å². The van der Waals surface area contributed by atoms with E-state index in [4.69, 9.17) is 1.37 Å². The number of halogens is 3. The Bertz CT molecular complexity index is 381. The molecule has 0 spiro atoms. The molecule has 76 valence electrons. The smallest absolute Gasteiger partial charge is 0.309 e. The van der Waals surface area contributed by atoms with Gasteiger partial charge in [-0.1, -0.05) is 18.2 Å². The number of carbonyl (C=O) groups excluding carboxylic acids is 1. The topological polar surface area (TPSA) is 20.3 Å². The van der Waals surface area contributed by atoms with Crippen LogP contribution in [0.2, 0.25) is 0 Å². The van der Waals surface area contributed by atoms with E-state index in [0.717, 1.165) is 7.05 Å². The minimum atomic E-state index is -3.95. The van der Waals surface area contributed by atoms with Crippen molar-refractivity contribution in [2.45, 2.75) is 5.38 Å². The molecule has 2 nitrogen and oxygen atoms in total. The minimum Gasteiger partial charge on any atom is -0.309 e. The van der Waals surface area contributed by atoms with Gasteiger partial charge in [-0.2, -0.15) is 8.78 Å². The van der Waals surface area contributed by atoms with Crippen LogP contribution in [-0.2, 0) is 4.79 Å². The zero-order valence-corrected chi connectivity index (χ0v) is 8.05. The molecular formula is C9H8ClF2NO. The molecule has 5 heteroatoms. The Morgan fingerprint density at radius 1 is 1.57 bits per heavy atom. The van der Waals surface area contributed by atoms with Gasteiger partial charge in [-0.3, -0.25) is 4.79 Å². The summed E-state index contributed by atoms with van der Waals surface area (Å²) in [6.07, 6.45) is 0. The van der Waals surface area contributed by atoms with E-state index >= 15 is 0 Å². The molecule has 0 unspecified atom stereocenters. The fraction of sp³-hybridized carbons (Fsp3) is 0.222. The molecule has 1 aromatic rings. The van der Waals surface area contributed by atoms with Crippen LogP contribution >= 0.6 is 11.6 Å². The van der Waals surface area contributed by atoms with Crippen LogP contribution in [0, 0.1) is 0 Å². The fourth-order valence-electron chi connectivity index (χ4n) is 0.892. The highest BCUT2D eigenvalue weighted by atomic mass is 35.5. The second kappa shape index (κ2) is 3.92. The van der Waals surface area contributed by atoms with Gasteiger partial charge in [-0.15, -0.1) is 0 Å². The van der Waals surface area contributed by atoms with Crippen molar-refractivity contribution in [3.8, 4) is 0 Å². The Hall–Kier alpha value is -1.16. The highest BCUT2D eigenvalue weighted by molar-refractivity contribution is 6.34. The Morgan fingerprint density at radius 3 is 2.71 bits per heavy atom. The summed E-state index contributed by atoms with van der Waals surface area (Å²) in [4.78, 5) is 11.7. The summed E-state index contributed by atoms with van der Waals surface area (Å²) >= 11 is 4.59. The van der Waals surface area contributed by atoms with Crippen LogP contribution < -0.4 is 4.90 Å². The molecule has 1 aromatic carbocycles. The summed E-state index contributed by atoms with van der Waals surface area (Å²) in [5.41, 5.74) is 0.0859. The van der Waals surface area contributed by atoms with Crippen LogP contribution in [0.1, 0.15) is 1.37 Å². The zero-order valence-electron chi connectivity index (χ0n) is 8.30. The summed E-state index contributed by atoms with van der Waals surface area (Å²) in [6, 6.07) is 5.88. The van der Waals surface area contributed by atoms with Gasteiger partial charge in [0.15, 0.2) is 0 Å². The largest absolute Gasteiger partial charge is 0.400 e. The van der Waals surface area contributed by atoms with E-state index in [1.807, 2.05) is 0 Å². The number of rotatable bonds is 2. The molecule has 0 saturated carbocycles. The van der Waals surface area contributed by atoms with Gasteiger partial charge in [0.25, 0.3) is 0 Å². The van der Waals surface area contributed by atoms with Crippen LogP contribution in [0.3, 0.4) is 0 Å². The van der Waals surface area contributed by atoms with Crippen molar-refractivity contribution in [3.05, 3.63) is 30.3 Å². The highest BCUT2D eigenvalue weighted by Crippen LogP contribution is 2.24. The van der Waals surface area contributed by atoms with E-state index in [9.17, 15) is 13.6 Å². The molecule has 14 heavy (non-hydrogen) atoms. The molecule has 0 radical (unpaired) electrons. The Labute approximate surface area is 86.5 Å². The third-order valence-electron chi connectivity index (χ3n) is 1.60. The lowest BCUT2D eigenvalue weighted by Gasteiger charge is -2.19. The number of para-hydroxylation sites is 1. The van der Waals surface area contributed by atoms with Gasteiger partial charge in [0.1, 0.15) is 0 Å². The number of anilines is 1. The molecule has 0 bridgehead atoms. The summed E-state index contributed by atoms with van der Waals surface area (Å²) in [6.45, 7) is 0. The molecule has 0 heterocycles. The number of nitrogens with zero attached hydrogens (tertiary/aromatic N) is 1. The number of carbonyl (C=O) groups is 1. The van der Waals surface area contributed by atoms with Gasteiger partial charge in [0, 0.05) is 12.7 Å². The first-order valence-corrected chi connectivity index (χ1v) is 4.12. The first-order valence-electron chi connectivity index (χ1n) is 4.24. The van der Waals surface area contributed by atoms with Crippen LogP contribution in [0.25, 0.3) is 0 Å². The molecular weight excluding hydrogens is 212 g/mol. The first kappa shape index (κ1) is 9.40. The Balaban J connectivity index is 3.01. The third kappa shape index (κ3) is 2.42. The standard InChI is InChI=1S/C9H8ClF2NO/c1-13(8(14)9(10,11)12)7-5-3-2-4-6-7/h2-6H,1H3/i5D. The van der Waals surface area contributed by atoms with Crippen molar-refractivity contribution in [3.63, 3.8) is 0 Å². The average Bonchev–Trinajstić information content (AvgIpc) is 2.15. The van der Waals surface area contributed by atoms with Crippen molar-refractivity contribution in [1.29, 1.82) is 0 Å². The van der Waals surface area contributed by atoms with Crippen LogP contribution in [0.5, 0.6) is 0 Å².